The topological polar surface area (TPSA) is 58.2 Å². The number of aliphatic hydroxyl groups is 1. The van der Waals surface area contributed by atoms with Gasteiger partial charge in [0.1, 0.15) is 12.4 Å². The highest BCUT2D eigenvalue weighted by molar-refractivity contribution is 6.10. The Balaban J connectivity index is 1.98. The van der Waals surface area contributed by atoms with E-state index in [-0.39, 0.29) is 13.2 Å². The van der Waals surface area contributed by atoms with E-state index in [1.54, 1.807) is 0 Å². The molecule has 2 N–H and O–H groups in total. The molecule has 0 unspecified atom stereocenters. The summed E-state index contributed by atoms with van der Waals surface area (Å²) in [6.45, 7) is 2.46. The number of unbranched alkanes of at least 4 members (excludes halogenated alkanes) is 3. The van der Waals surface area contributed by atoms with Crippen LogP contribution in [0.4, 0.5) is 0 Å². The van der Waals surface area contributed by atoms with Crippen molar-refractivity contribution < 1.29 is 9.84 Å². The van der Waals surface area contributed by atoms with E-state index in [1.807, 2.05) is 36.4 Å². The van der Waals surface area contributed by atoms with Gasteiger partial charge in [-0.3, -0.25) is 0 Å². The molecule has 0 saturated heterocycles. The smallest absolute Gasteiger partial charge is 0.120 e. The zero-order valence-electron chi connectivity index (χ0n) is 15.9. The van der Waals surface area contributed by atoms with E-state index < -0.39 is 0 Å². The summed E-state index contributed by atoms with van der Waals surface area (Å²) in [5.41, 5.74) is 3.77. The van der Waals surface area contributed by atoms with Crippen molar-refractivity contribution in [1.29, 1.82) is 5.41 Å². The molecule has 0 atom stereocenters. The van der Waals surface area contributed by atoms with Gasteiger partial charge in [0.25, 0.3) is 0 Å². The lowest BCUT2D eigenvalue weighted by Gasteiger charge is -2.07. The van der Waals surface area contributed by atoms with Crippen molar-refractivity contribution in [3.63, 3.8) is 0 Å². The second-order valence-electron chi connectivity index (χ2n) is 6.79. The number of rotatable bonds is 10. The average Bonchev–Trinajstić information content (AvgIpc) is 3.09. The van der Waals surface area contributed by atoms with Crippen LogP contribution in [-0.4, -0.2) is 28.6 Å². The maximum atomic E-state index is 9.01. The summed E-state index contributed by atoms with van der Waals surface area (Å²) in [6.07, 6.45) is 7.49. The summed E-state index contributed by atoms with van der Waals surface area (Å²) in [6, 6.07) is 16.1. The minimum Gasteiger partial charge on any atom is -0.491 e. The number of aliphatic hydroxyl groups excluding tert-OH is 1. The first-order chi connectivity index (χ1) is 13.2. The average molecular weight is 364 g/mol. The fourth-order valence-electron chi connectivity index (χ4n) is 3.37. The van der Waals surface area contributed by atoms with Crippen LogP contribution in [0.2, 0.25) is 0 Å². The molecule has 0 aliphatic rings. The molecule has 0 spiro atoms. The van der Waals surface area contributed by atoms with Crippen molar-refractivity contribution in [3.05, 3.63) is 60.3 Å². The third-order valence-corrected chi connectivity index (χ3v) is 4.78. The number of benzene rings is 2. The minimum absolute atomic E-state index is 0.0107. The minimum atomic E-state index is -0.0107. The van der Waals surface area contributed by atoms with Gasteiger partial charge in [-0.15, -0.1) is 0 Å². The van der Waals surface area contributed by atoms with Gasteiger partial charge in [0.2, 0.25) is 0 Å². The zero-order valence-corrected chi connectivity index (χ0v) is 15.9. The van der Waals surface area contributed by atoms with Gasteiger partial charge >= 0.3 is 0 Å². The van der Waals surface area contributed by atoms with Crippen LogP contribution in [0.5, 0.6) is 5.75 Å². The lowest BCUT2D eigenvalue weighted by Crippen LogP contribution is -2.01. The molecule has 0 aliphatic heterocycles. The fourth-order valence-corrected chi connectivity index (χ4v) is 3.37. The van der Waals surface area contributed by atoms with Gasteiger partial charge in [-0.05, 0) is 43.2 Å². The first kappa shape index (κ1) is 19.2. The van der Waals surface area contributed by atoms with Crippen molar-refractivity contribution >= 4 is 16.6 Å². The van der Waals surface area contributed by atoms with Crippen LogP contribution in [0.15, 0.2) is 54.7 Å². The van der Waals surface area contributed by atoms with Gasteiger partial charge in [0.05, 0.1) is 12.1 Å². The highest BCUT2D eigenvalue weighted by Crippen LogP contribution is 2.30. The van der Waals surface area contributed by atoms with Gasteiger partial charge < -0.3 is 19.8 Å². The molecule has 1 aromatic heterocycles. The van der Waals surface area contributed by atoms with E-state index in [1.165, 1.54) is 19.3 Å². The molecular formula is C23H28N2O2. The molecule has 0 saturated carbocycles. The normalized spacial score (nSPS) is 11.0. The predicted octanol–water partition coefficient (Wildman–Crippen LogP) is 5.34. The molecule has 3 rings (SSSR count). The maximum absolute atomic E-state index is 9.01. The third kappa shape index (κ3) is 4.58. The van der Waals surface area contributed by atoms with E-state index in [9.17, 15) is 0 Å². The van der Waals surface area contributed by atoms with Gasteiger partial charge in [0.15, 0.2) is 0 Å². The van der Waals surface area contributed by atoms with Gasteiger partial charge in [-0.2, -0.15) is 0 Å². The van der Waals surface area contributed by atoms with Crippen molar-refractivity contribution in [2.24, 2.45) is 0 Å². The lowest BCUT2D eigenvalue weighted by molar-refractivity contribution is 0.201. The predicted molar refractivity (Wildman–Crippen MR) is 111 cm³/mol. The number of aromatic nitrogens is 1. The number of fused-ring (bicyclic) bond motifs is 1. The number of hydrogen-bond acceptors (Lipinski definition) is 3. The Labute approximate surface area is 160 Å². The standard InChI is InChI=1S/C23H28N2O2/c1-2-3-4-8-11-22(24)21-17-25(18-9-6-5-7-10-18)23-13-12-19(16-20(21)23)27-15-14-26/h5-7,9-10,12-13,16-17,24,26H,2-4,8,11,14-15H2,1H3. The van der Waals surface area contributed by atoms with Crippen LogP contribution in [-0.2, 0) is 0 Å². The molecule has 27 heavy (non-hydrogen) atoms. The Morgan fingerprint density at radius 2 is 1.89 bits per heavy atom. The summed E-state index contributed by atoms with van der Waals surface area (Å²) < 4.78 is 7.74. The highest BCUT2D eigenvalue weighted by Gasteiger charge is 2.14. The van der Waals surface area contributed by atoms with Crippen molar-refractivity contribution in [1.82, 2.24) is 4.57 Å². The number of nitrogens with zero attached hydrogens (tertiary/aromatic N) is 1. The number of nitrogens with one attached hydrogen (secondary N) is 1. The molecule has 2 aromatic carbocycles. The molecule has 4 heteroatoms. The zero-order chi connectivity index (χ0) is 19.1. The van der Waals surface area contributed by atoms with Crippen LogP contribution in [0, 0.1) is 5.41 Å². The second-order valence-corrected chi connectivity index (χ2v) is 6.79. The summed E-state index contributed by atoms with van der Waals surface area (Å²) in [5, 5.41) is 18.7. The monoisotopic (exact) mass is 364 g/mol. The third-order valence-electron chi connectivity index (χ3n) is 4.78. The van der Waals surface area contributed by atoms with E-state index >= 15 is 0 Å². The molecule has 3 aromatic rings. The van der Waals surface area contributed by atoms with E-state index in [0.717, 1.165) is 40.7 Å². The first-order valence-corrected chi connectivity index (χ1v) is 9.76. The fraction of sp³-hybridized carbons (Fsp3) is 0.348. The van der Waals surface area contributed by atoms with E-state index in [0.29, 0.717) is 5.71 Å². The molecular weight excluding hydrogens is 336 g/mol. The number of hydrogen-bond donors (Lipinski definition) is 2. The van der Waals surface area contributed by atoms with Gasteiger partial charge in [-0.25, -0.2) is 0 Å². The molecule has 0 bridgehead atoms. The largest absolute Gasteiger partial charge is 0.491 e. The lowest BCUT2D eigenvalue weighted by atomic mass is 10.0. The Morgan fingerprint density at radius 1 is 1.07 bits per heavy atom. The Kier molecular flexibility index (Phi) is 6.66. The Morgan fingerprint density at radius 3 is 2.63 bits per heavy atom. The molecule has 142 valence electrons. The van der Waals surface area contributed by atoms with Crippen LogP contribution in [0.3, 0.4) is 0 Å². The van der Waals surface area contributed by atoms with E-state index in [4.69, 9.17) is 15.3 Å². The Bertz CT molecular complexity index is 884. The first-order valence-electron chi connectivity index (χ1n) is 9.76. The molecule has 0 fully saturated rings. The van der Waals surface area contributed by atoms with Crippen LogP contribution in [0.1, 0.15) is 44.6 Å². The number of ether oxygens (including phenoxy) is 1. The molecule has 0 aliphatic carbocycles. The Hall–Kier alpha value is -2.59. The van der Waals surface area contributed by atoms with Gasteiger partial charge in [0, 0.05) is 28.5 Å². The van der Waals surface area contributed by atoms with Crippen LogP contribution < -0.4 is 4.74 Å². The van der Waals surface area contributed by atoms with E-state index in [2.05, 4.69) is 29.8 Å². The molecule has 0 amide bonds. The maximum Gasteiger partial charge on any atom is 0.120 e. The number of para-hydroxylation sites is 1. The van der Waals surface area contributed by atoms with Crippen molar-refractivity contribution in [2.45, 2.75) is 39.0 Å². The second kappa shape index (κ2) is 9.38. The molecule has 4 nitrogen and oxygen atoms in total. The van der Waals surface area contributed by atoms with Crippen molar-refractivity contribution in [3.8, 4) is 11.4 Å². The quantitative estimate of drug-likeness (QED) is 0.377. The highest BCUT2D eigenvalue weighted by atomic mass is 16.5. The van der Waals surface area contributed by atoms with Crippen LogP contribution in [0.25, 0.3) is 16.6 Å². The summed E-state index contributed by atoms with van der Waals surface area (Å²) in [4.78, 5) is 0. The summed E-state index contributed by atoms with van der Waals surface area (Å²) in [5.74, 6) is 0.724. The summed E-state index contributed by atoms with van der Waals surface area (Å²) in [7, 11) is 0. The SMILES string of the molecule is CCCCCCC(=N)c1cn(-c2ccccc2)c2ccc(OCCO)cc12. The summed E-state index contributed by atoms with van der Waals surface area (Å²) >= 11 is 0. The van der Waals surface area contributed by atoms with Gasteiger partial charge in [-0.1, -0.05) is 44.4 Å². The molecule has 0 radical (unpaired) electrons. The van der Waals surface area contributed by atoms with Crippen LogP contribution >= 0.6 is 0 Å². The van der Waals surface area contributed by atoms with Crippen molar-refractivity contribution in [2.75, 3.05) is 13.2 Å². The molecule has 1 heterocycles.